The first-order valence-electron chi connectivity index (χ1n) is 3.34. The van der Waals surface area contributed by atoms with Gasteiger partial charge in [-0.05, 0) is 12.8 Å². The predicted octanol–water partition coefficient (Wildman–Crippen LogP) is -0.260. The van der Waals surface area contributed by atoms with E-state index in [1.165, 1.54) is 6.42 Å². The summed E-state index contributed by atoms with van der Waals surface area (Å²) in [7, 11) is 0. The summed E-state index contributed by atoms with van der Waals surface area (Å²) in [6.07, 6.45) is 2.16. The number of piperidine rings is 1. The minimum Gasteiger partial charge on any atom is -0.368 e. The lowest BCUT2D eigenvalue weighted by atomic mass is 10.2. The Labute approximate surface area is 66.0 Å². The van der Waals surface area contributed by atoms with Crippen molar-refractivity contribution < 1.29 is 4.79 Å². The second-order valence-electron chi connectivity index (χ2n) is 2.85. The molecule has 10 heavy (non-hydrogen) atoms. The highest BCUT2D eigenvalue weighted by molar-refractivity contribution is 5.85. The topological polar surface area (TPSA) is 46.1 Å². The van der Waals surface area contributed by atoms with Gasteiger partial charge in [0.15, 0.2) is 0 Å². The van der Waals surface area contributed by atoms with Crippen LogP contribution in [0.2, 0.25) is 0 Å². The van der Waals surface area contributed by atoms with Crippen LogP contribution in [0.1, 0.15) is 12.8 Å². The van der Waals surface area contributed by atoms with Crippen LogP contribution >= 0.6 is 12.4 Å². The minimum atomic E-state index is -0.144. The second-order valence-corrected chi connectivity index (χ2v) is 2.85. The Balaban J connectivity index is 0.000000500. The van der Waals surface area contributed by atoms with Crippen LogP contribution in [0, 0.1) is 0 Å². The van der Waals surface area contributed by atoms with Gasteiger partial charge in [0.25, 0.3) is 0 Å². The molecule has 2 N–H and O–H groups in total. The number of hydrogen-bond donors (Lipinski definition) is 1. The highest BCUT2D eigenvalue weighted by Gasteiger charge is 2.47. The molecule has 1 amide bonds. The summed E-state index contributed by atoms with van der Waals surface area (Å²) < 4.78 is 0. The van der Waals surface area contributed by atoms with Crippen molar-refractivity contribution in [2.24, 2.45) is 5.73 Å². The third-order valence-corrected chi connectivity index (χ3v) is 2.26. The Bertz CT molecular complexity index is 162. The molecule has 4 heteroatoms. The Morgan fingerprint density at radius 2 is 2.20 bits per heavy atom. The summed E-state index contributed by atoms with van der Waals surface area (Å²) in [4.78, 5) is 12.8. The molecule has 3 unspecified atom stereocenters. The van der Waals surface area contributed by atoms with Crippen LogP contribution in [0.15, 0.2) is 0 Å². The molecule has 0 spiro atoms. The largest absolute Gasteiger partial charge is 0.368 e. The first-order chi connectivity index (χ1) is 4.29. The van der Waals surface area contributed by atoms with Gasteiger partial charge in [0.05, 0.1) is 6.04 Å². The van der Waals surface area contributed by atoms with Gasteiger partial charge in [-0.15, -0.1) is 12.4 Å². The molecule has 0 aliphatic carbocycles. The zero-order valence-electron chi connectivity index (χ0n) is 5.62. The van der Waals surface area contributed by atoms with Crippen molar-refractivity contribution in [3.63, 3.8) is 0 Å². The van der Waals surface area contributed by atoms with Gasteiger partial charge in [-0.25, -0.2) is 0 Å². The minimum absolute atomic E-state index is 0. The lowest BCUT2D eigenvalue weighted by Crippen LogP contribution is -2.32. The average molecular weight is 163 g/mol. The zero-order chi connectivity index (χ0) is 6.43. The van der Waals surface area contributed by atoms with Crippen LogP contribution < -0.4 is 5.73 Å². The fraction of sp³-hybridized carbons (Fsp3) is 0.833. The molecule has 0 aromatic rings. The van der Waals surface area contributed by atoms with E-state index in [-0.39, 0.29) is 24.4 Å². The highest BCUT2D eigenvalue weighted by atomic mass is 35.5. The number of carbonyl (C=O) groups excluding carboxylic acids is 1. The van der Waals surface area contributed by atoms with Crippen molar-refractivity contribution in [3.8, 4) is 0 Å². The normalized spacial score (nSPS) is 41.8. The van der Waals surface area contributed by atoms with E-state index in [9.17, 15) is 4.79 Å². The molecule has 0 radical (unpaired) electrons. The van der Waals surface area contributed by atoms with Gasteiger partial charge in [-0.3, -0.25) is 9.69 Å². The molecule has 2 rings (SSSR count). The third kappa shape index (κ3) is 0.995. The maximum absolute atomic E-state index is 10.6. The molecule has 58 valence electrons. The van der Waals surface area contributed by atoms with Gasteiger partial charge in [-0.1, -0.05) is 0 Å². The van der Waals surface area contributed by atoms with Crippen LogP contribution in [-0.4, -0.2) is 29.4 Å². The highest BCUT2D eigenvalue weighted by Crippen LogP contribution is 2.34. The van der Waals surface area contributed by atoms with Gasteiger partial charge in [0, 0.05) is 12.6 Å². The molecule has 2 fully saturated rings. The lowest BCUT2D eigenvalue weighted by molar-refractivity contribution is -0.121. The van der Waals surface area contributed by atoms with Crippen LogP contribution in [0.25, 0.3) is 0 Å². The van der Waals surface area contributed by atoms with Crippen molar-refractivity contribution in [2.75, 3.05) is 6.54 Å². The van der Waals surface area contributed by atoms with Crippen molar-refractivity contribution in [2.45, 2.75) is 24.9 Å². The van der Waals surface area contributed by atoms with Crippen LogP contribution in [0.5, 0.6) is 0 Å². The molecule has 2 saturated heterocycles. The number of hydrogen-bond acceptors (Lipinski definition) is 2. The number of fused-ring (bicyclic) bond motifs is 1. The van der Waals surface area contributed by atoms with E-state index in [0.717, 1.165) is 13.0 Å². The number of halogens is 1. The summed E-state index contributed by atoms with van der Waals surface area (Å²) in [5.41, 5.74) is 5.13. The maximum atomic E-state index is 10.6. The van der Waals surface area contributed by atoms with E-state index in [4.69, 9.17) is 5.73 Å². The molecule has 3 nitrogen and oxygen atoms in total. The molecule has 2 heterocycles. The van der Waals surface area contributed by atoms with E-state index >= 15 is 0 Å². The summed E-state index contributed by atoms with van der Waals surface area (Å²) in [6.45, 7) is 1.10. The molecule has 0 bridgehead atoms. The van der Waals surface area contributed by atoms with Crippen molar-refractivity contribution in [1.29, 1.82) is 0 Å². The molecule has 0 saturated carbocycles. The predicted molar refractivity (Wildman–Crippen MR) is 40.0 cm³/mol. The summed E-state index contributed by atoms with van der Waals surface area (Å²) in [5, 5.41) is 0. The fourth-order valence-corrected chi connectivity index (χ4v) is 1.66. The van der Waals surface area contributed by atoms with E-state index in [1.807, 2.05) is 0 Å². The van der Waals surface area contributed by atoms with Crippen LogP contribution in [0.3, 0.4) is 0 Å². The van der Waals surface area contributed by atoms with E-state index in [1.54, 1.807) is 0 Å². The van der Waals surface area contributed by atoms with Gasteiger partial charge in [0.1, 0.15) is 0 Å². The SMILES string of the molecule is Cl.NC(=O)C1CCC2CN21. The monoisotopic (exact) mass is 162 g/mol. The van der Waals surface area contributed by atoms with Crippen LogP contribution in [-0.2, 0) is 4.79 Å². The Kier molecular flexibility index (Phi) is 1.88. The van der Waals surface area contributed by atoms with Crippen molar-refractivity contribution in [1.82, 2.24) is 4.90 Å². The number of nitrogens with zero attached hydrogens (tertiary/aromatic N) is 1. The Morgan fingerprint density at radius 3 is 2.40 bits per heavy atom. The second kappa shape index (κ2) is 2.40. The molecule has 3 atom stereocenters. The van der Waals surface area contributed by atoms with Gasteiger partial charge in [-0.2, -0.15) is 0 Å². The van der Waals surface area contributed by atoms with E-state index in [0.29, 0.717) is 6.04 Å². The summed E-state index contributed by atoms with van der Waals surface area (Å²) in [5.74, 6) is -0.144. The number of amides is 1. The molecule has 0 aromatic carbocycles. The van der Waals surface area contributed by atoms with Crippen molar-refractivity contribution in [3.05, 3.63) is 0 Å². The smallest absolute Gasteiger partial charge is 0.234 e. The zero-order valence-corrected chi connectivity index (χ0v) is 6.43. The average Bonchev–Trinajstić information content (AvgIpc) is 2.43. The summed E-state index contributed by atoms with van der Waals surface area (Å²) >= 11 is 0. The fourth-order valence-electron chi connectivity index (χ4n) is 1.66. The molecule has 0 aromatic heterocycles. The molecule has 2 aliphatic rings. The quantitative estimate of drug-likeness (QED) is 0.540. The Hall–Kier alpha value is -0.280. The number of carbonyl (C=O) groups is 1. The van der Waals surface area contributed by atoms with Gasteiger partial charge < -0.3 is 5.73 Å². The first-order valence-corrected chi connectivity index (χ1v) is 3.34. The Morgan fingerprint density at radius 1 is 1.50 bits per heavy atom. The number of rotatable bonds is 1. The van der Waals surface area contributed by atoms with Crippen LogP contribution in [0.4, 0.5) is 0 Å². The lowest BCUT2D eigenvalue weighted by Gasteiger charge is -2.05. The van der Waals surface area contributed by atoms with Gasteiger partial charge >= 0.3 is 0 Å². The first kappa shape index (κ1) is 7.82. The third-order valence-electron chi connectivity index (χ3n) is 2.26. The van der Waals surface area contributed by atoms with Crippen molar-refractivity contribution >= 4 is 18.3 Å². The molecular formula is C6H11ClN2O. The standard InChI is InChI=1S/C6H10N2O.ClH/c7-6(9)5-2-1-4-3-8(4)5;/h4-5H,1-3H2,(H2,7,9);1H. The van der Waals surface area contributed by atoms with E-state index < -0.39 is 0 Å². The molecular weight excluding hydrogens is 152 g/mol. The number of nitrogens with two attached hydrogens (primary N) is 1. The maximum Gasteiger partial charge on any atom is 0.234 e. The van der Waals surface area contributed by atoms with Gasteiger partial charge in [0.2, 0.25) is 5.91 Å². The molecule has 2 aliphatic heterocycles. The summed E-state index contributed by atoms with van der Waals surface area (Å²) in [6, 6.07) is 0.789. The number of primary amides is 1. The van der Waals surface area contributed by atoms with E-state index in [2.05, 4.69) is 4.90 Å².